The van der Waals surface area contributed by atoms with E-state index >= 15 is 0 Å². The molecule has 2 aliphatic rings. The third-order valence-electron chi connectivity index (χ3n) is 6.55. The van der Waals surface area contributed by atoms with Gasteiger partial charge in [0.2, 0.25) is 5.91 Å². The molecule has 1 saturated heterocycles. The van der Waals surface area contributed by atoms with Gasteiger partial charge in [-0.3, -0.25) is 9.59 Å². The topological polar surface area (TPSA) is 116 Å². The molecule has 1 aliphatic heterocycles. The van der Waals surface area contributed by atoms with Crippen molar-refractivity contribution in [3.63, 3.8) is 0 Å². The summed E-state index contributed by atoms with van der Waals surface area (Å²) in [5, 5.41) is 21.4. The molecule has 180 valence electrons. The van der Waals surface area contributed by atoms with Gasteiger partial charge < -0.3 is 25.2 Å². The first-order valence-electron chi connectivity index (χ1n) is 11.7. The van der Waals surface area contributed by atoms with E-state index in [0.29, 0.717) is 25.4 Å². The number of carbonyl (C=O) groups excluding carboxylic acids is 2. The van der Waals surface area contributed by atoms with Crippen LogP contribution in [0.3, 0.4) is 0 Å². The van der Waals surface area contributed by atoms with Gasteiger partial charge in [0, 0.05) is 32.0 Å². The van der Waals surface area contributed by atoms with Gasteiger partial charge in [-0.25, -0.2) is 4.79 Å². The summed E-state index contributed by atoms with van der Waals surface area (Å²) < 4.78 is 5.44. The minimum Gasteiger partial charge on any atom is -0.481 e. The minimum atomic E-state index is -1.00. The number of aliphatic carboxylic acids is 1. The van der Waals surface area contributed by atoms with E-state index in [1.807, 2.05) is 36.4 Å². The number of ether oxygens (including phenoxy) is 1. The van der Waals surface area contributed by atoms with Gasteiger partial charge in [0.1, 0.15) is 6.61 Å². The molecule has 0 bridgehead atoms. The smallest absolute Gasteiger partial charge is 0.407 e. The maximum absolute atomic E-state index is 12.3. The number of hydrogen-bond acceptors (Lipinski definition) is 5. The van der Waals surface area contributed by atoms with Crippen LogP contribution in [0.2, 0.25) is 0 Å². The SMILES string of the molecule is O=C(O)CCCC1CN(C(=O)CC(O)CNC(=O)OCC2c3ccccc3-c3ccccc32)C1. The lowest BCUT2D eigenvalue weighted by Gasteiger charge is -2.39. The lowest BCUT2D eigenvalue weighted by atomic mass is 9.93. The number of aliphatic hydroxyl groups is 1. The van der Waals surface area contributed by atoms with Crippen LogP contribution in [0.1, 0.15) is 42.7 Å². The molecule has 0 spiro atoms. The maximum atomic E-state index is 12.3. The quantitative estimate of drug-likeness (QED) is 0.496. The van der Waals surface area contributed by atoms with Crippen LogP contribution in [0.15, 0.2) is 48.5 Å². The predicted molar refractivity (Wildman–Crippen MR) is 125 cm³/mol. The van der Waals surface area contributed by atoms with Crippen molar-refractivity contribution in [1.82, 2.24) is 10.2 Å². The number of nitrogens with zero attached hydrogens (tertiary/aromatic N) is 1. The number of alkyl carbamates (subject to hydrolysis) is 1. The van der Waals surface area contributed by atoms with E-state index in [2.05, 4.69) is 17.4 Å². The Morgan fingerprint density at radius 2 is 1.65 bits per heavy atom. The number of benzene rings is 2. The number of rotatable bonds is 10. The lowest BCUT2D eigenvalue weighted by Crippen LogP contribution is -2.51. The molecule has 1 atom stereocenters. The van der Waals surface area contributed by atoms with Crippen molar-refractivity contribution in [3.05, 3.63) is 59.7 Å². The number of amides is 2. The fourth-order valence-electron chi connectivity index (χ4n) is 4.75. The Hall–Kier alpha value is -3.39. The summed E-state index contributed by atoms with van der Waals surface area (Å²) in [6, 6.07) is 16.2. The number of nitrogens with one attached hydrogen (secondary N) is 1. The third kappa shape index (κ3) is 5.56. The molecular formula is C26H30N2O6. The fraction of sp³-hybridized carbons (Fsp3) is 0.423. The molecule has 2 amide bonds. The van der Waals surface area contributed by atoms with E-state index in [-0.39, 0.29) is 37.8 Å². The summed E-state index contributed by atoms with van der Waals surface area (Å²) in [6.07, 6.45) is -0.178. The van der Waals surface area contributed by atoms with Crippen LogP contribution in [0.4, 0.5) is 4.79 Å². The first-order valence-corrected chi connectivity index (χ1v) is 11.7. The van der Waals surface area contributed by atoms with E-state index in [4.69, 9.17) is 9.84 Å². The summed E-state index contributed by atoms with van der Waals surface area (Å²) in [5.41, 5.74) is 4.54. The normalized spacial score (nSPS) is 15.7. The van der Waals surface area contributed by atoms with Gasteiger partial charge in [0.25, 0.3) is 0 Å². The maximum Gasteiger partial charge on any atom is 0.407 e. The monoisotopic (exact) mass is 466 g/mol. The highest BCUT2D eigenvalue weighted by Gasteiger charge is 2.31. The summed E-state index contributed by atoms with van der Waals surface area (Å²) >= 11 is 0. The van der Waals surface area contributed by atoms with Gasteiger partial charge in [-0.05, 0) is 41.0 Å². The molecule has 34 heavy (non-hydrogen) atoms. The summed E-state index contributed by atoms with van der Waals surface area (Å²) in [4.78, 5) is 36.7. The standard InChI is InChI=1S/C26H30N2O6/c29-18(12-24(30)28-14-17(15-28)6-5-11-25(31)32)13-27-26(33)34-16-23-21-9-3-1-7-19(21)20-8-2-4-10-22(20)23/h1-4,7-10,17-18,23,29H,5-6,11-16H2,(H,27,33)(H,31,32). The molecule has 1 fully saturated rings. The summed E-state index contributed by atoms with van der Waals surface area (Å²) in [5.74, 6) is -0.700. The molecule has 3 N–H and O–H groups in total. The number of hydrogen-bond donors (Lipinski definition) is 3. The molecule has 8 nitrogen and oxygen atoms in total. The van der Waals surface area contributed by atoms with Crippen LogP contribution < -0.4 is 5.32 Å². The van der Waals surface area contributed by atoms with E-state index in [1.165, 1.54) is 0 Å². The van der Waals surface area contributed by atoms with Gasteiger partial charge in [0.05, 0.1) is 12.5 Å². The summed E-state index contributed by atoms with van der Waals surface area (Å²) in [7, 11) is 0. The molecule has 0 saturated carbocycles. The van der Waals surface area contributed by atoms with Crippen molar-refractivity contribution in [2.75, 3.05) is 26.2 Å². The molecule has 4 rings (SSSR count). The second-order valence-corrected chi connectivity index (χ2v) is 9.02. The average molecular weight is 467 g/mol. The van der Waals surface area contributed by atoms with E-state index in [9.17, 15) is 19.5 Å². The van der Waals surface area contributed by atoms with Crippen molar-refractivity contribution in [2.45, 2.75) is 37.7 Å². The number of fused-ring (bicyclic) bond motifs is 3. The Balaban J connectivity index is 1.17. The minimum absolute atomic E-state index is 0.0421. The second kappa shape index (κ2) is 10.7. The summed E-state index contributed by atoms with van der Waals surface area (Å²) in [6.45, 7) is 1.29. The van der Waals surface area contributed by atoms with E-state index in [0.717, 1.165) is 28.7 Å². The zero-order valence-electron chi connectivity index (χ0n) is 19.0. The van der Waals surface area contributed by atoms with Gasteiger partial charge in [-0.1, -0.05) is 48.5 Å². The molecule has 8 heteroatoms. The largest absolute Gasteiger partial charge is 0.481 e. The van der Waals surface area contributed by atoms with Crippen LogP contribution in [0, 0.1) is 5.92 Å². The van der Waals surface area contributed by atoms with Gasteiger partial charge in [0.15, 0.2) is 0 Å². The van der Waals surface area contributed by atoms with Crippen molar-refractivity contribution >= 4 is 18.0 Å². The average Bonchev–Trinajstić information content (AvgIpc) is 3.11. The Morgan fingerprint density at radius 1 is 1.03 bits per heavy atom. The van der Waals surface area contributed by atoms with Gasteiger partial charge >= 0.3 is 12.1 Å². The third-order valence-corrected chi connectivity index (χ3v) is 6.55. The Bertz CT molecular complexity index is 1000. The number of carbonyl (C=O) groups is 3. The van der Waals surface area contributed by atoms with Crippen LogP contribution in [-0.4, -0.2) is 65.4 Å². The number of aliphatic hydroxyl groups excluding tert-OH is 1. The van der Waals surface area contributed by atoms with Crippen LogP contribution in [0.5, 0.6) is 0 Å². The number of carboxylic acids is 1. The Labute approximate surface area is 198 Å². The van der Waals surface area contributed by atoms with Crippen molar-refractivity contribution in [1.29, 1.82) is 0 Å². The Kier molecular flexibility index (Phi) is 7.47. The molecule has 2 aromatic carbocycles. The van der Waals surface area contributed by atoms with Crippen molar-refractivity contribution in [3.8, 4) is 11.1 Å². The van der Waals surface area contributed by atoms with Crippen LogP contribution >= 0.6 is 0 Å². The van der Waals surface area contributed by atoms with Gasteiger partial charge in [-0.2, -0.15) is 0 Å². The molecule has 1 unspecified atom stereocenters. The zero-order chi connectivity index (χ0) is 24.1. The van der Waals surface area contributed by atoms with Crippen LogP contribution in [0.25, 0.3) is 11.1 Å². The molecular weight excluding hydrogens is 436 g/mol. The van der Waals surface area contributed by atoms with Gasteiger partial charge in [-0.15, -0.1) is 0 Å². The lowest BCUT2D eigenvalue weighted by molar-refractivity contribution is -0.141. The van der Waals surface area contributed by atoms with Crippen molar-refractivity contribution in [2.24, 2.45) is 5.92 Å². The molecule has 2 aromatic rings. The first-order chi connectivity index (χ1) is 16.4. The van der Waals surface area contributed by atoms with Crippen molar-refractivity contribution < 1.29 is 29.3 Å². The fourth-order valence-corrected chi connectivity index (χ4v) is 4.75. The highest BCUT2D eigenvalue weighted by atomic mass is 16.5. The predicted octanol–water partition coefficient (Wildman–Crippen LogP) is 2.99. The molecule has 0 radical (unpaired) electrons. The number of likely N-dealkylation sites (tertiary alicyclic amines) is 1. The zero-order valence-corrected chi connectivity index (χ0v) is 19.0. The Morgan fingerprint density at radius 3 is 2.26 bits per heavy atom. The first kappa shape index (κ1) is 23.8. The molecule has 1 aliphatic carbocycles. The highest BCUT2D eigenvalue weighted by molar-refractivity contribution is 5.79. The molecule has 1 heterocycles. The van der Waals surface area contributed by atoms with E-state index in [1.54, 1.807) is 4.90 Å². The van der Waals surface area contributed by atoms with E-state index < -0.39 is 18.2 Å². The number of carboxylic acid groups (broad SMARTS) is 1. The van der Waals surface area contributed by atoms with Crippen LogP contribution in [-0.2, 0) is 14.3 Å². The highest BCUT2D eigenvalue weighted by Crippen LogP contribution is 2.44. The second-order valence-electron chi connectivity index (χ2n) is 9.02. The molecule has 0 aromatic heterocycles.